The molecular formula is C14H21N3O3. The minimum Gasteiger partial charge on any atom is -0.508 e. The van der Waals surface area contributed by atoms with Crippen LogP contribution in [0.15, 0.2) is 24.3 Å². The van der Waals surface area contributed by atoms with Crippen molar-refractivity contribution in [1.82, 2.24) is 10.7 Å². The third-order valence-corrected chi connectivity index (χ3v) is 2.98. The Kier molecular flexibility index (Phi) is 6.52. The predicted octanol–water partition coefficient (Wildman–Crippen LogP) is 0.600. The number of phenols is 1. The van der Waals surface area contributed by atoms with Gasteiger partial charge in [-0.15, -0.1) is 0 Å². The van der Waals surface area contributed by atoms with Crippen LogP contribution in [0.25, 0.3) is 0 Å². The van der Waals surface area contributed by atoms with Crippen LogP contribution in [0, 0.1) is 0 Å². The maximum absolute atomic E-state index is 11.9. The minimum absolute atomic E-state index is 0.0210. The van der Waals surface area contributed by atoms with Gasteiger partial charge in [-0.25, -0.2) is 5.84 Å². The van der Waals surface area contributed by atoms with Crippen LogP contribution in [0.4, 0.5) is 0 Å². The summed E-state index contributed by atoms with van der Waals surface area (Å²) in [6.07, 6.45) is 2.29. The van der Waals surface area contributed by atoms with Crippen LogP contribution in [-0.2, 0) is 16.0 Å². The van der Waals surface area contributed by atoms with Crippen LogP contribution in [0.2, 0.25) is 0 Å². The quantitative estimate of drug-likeness (QED) is 0.333. The van der Waals surface area contributed by atoms with E-state index in [0.29, 0.717) is 12.0 Å². The average molecular weight is 279 g/mol. The zero-order valence-electron chi connectivity index (χ0n) is 11.6. The molecule has 1 rings (SSSR count). The molecule has 0 saturated heterocycles. The lowest BCUT2D eigenvalue weighted by molar-refractivity contribution is -0.128. The number of aromatic hydroxyl groups is 1. The molecule has 20 heavy (non-hydrogen) atoms. The molecule has 0 fully saturated rings. The van der Waals surface area contributed by atoms with E-state index in [0.717, 1.165) is 12.8 Å². The maximum Gasteiger partial charge on any atom is 0.256 e. The summed E-state index contributed by atoms with van der Waals surface area (Å²) >= 11 is 0. The highest BCUT2D eigenvalue weighted by Gasteiger charge is 2.19. The first kappa shape index (κ1) is 16.0. The molecule has 2 amide bonds. The molecule has 0 aliphatic rings. The Balaban J connectivity index is 2.61. The number of benzene rings is 1. The van der Waals surface area contributed by atoms with Crippen LogP contribution in [0.1, 0.15) is 31.7 Å². The lowest BCUT2D eigenvalue weighted by atomic mass is 10.1. The number of carbonyl (C=O) groups is 2. The molecule has 6 heteroatoms. The summed E-state index contributed by atoms with van der Waals surface area (Å²) in [6, 6.07) is 5.97. The molecule has 1 unspecified atom stereocenters. The molecule has 1 aromatic carbocycles. The number of hydrogen-bond acceptors (Lipinski definition) is 4. The first-order chi connectivity index (χ1) is 9.58. The van der Waals surface area contributed by atoms with Gasteiger partial charge in [0.1, 0.15) is 11.8 Å². The first-order valence-corrected chi connectivity index (χ1v) is 6.65. The summed E-state index contributed by atoms with van der Waals surface area (Å²) in [6.45, 7) is 2.00. The molecule has 110 valence electrons. The maximum atomic E-state index is 11.9. The highest BCUT2D eigenvalue weighted by molar-refractivity contribution is 5.88. The van der Waals surface area contributed by atoms with E-state index in [1.54, 1.807) is 18.2 Å². The van der Waals surface area contributed by atoms with Crippen molar-refractivity contribution >= 4 is 11.8 Å². The van der Waals surface area contributed by atoms with Gasteiger partial charge in [0.05, 0.1) is 6.42 Å². The van der Waals surface area contributed by atoms with Crippen LogP contribution in [0.5, 0.6) is 5.75 Å². The van der Waals surface area contributed by atoms with E-state index in [9.17, 15) is 14.7 Å². The lowest BCUT2D eigenvalue weighted by Crippen LogP contribution is -2.49. The van der Waals surface area contributed by atoms with Crippen LogP contribution in [-0.4, -0.2) is 23.0 Å². The molecular weight excluding hydrogens is 258 g/mol. The molecule has 1 aromatic rings. The van der Waals surface area contributed by atoms with Gasteiger partial charge in [-0.05, 0) is 12.5 Å². The third-order valence-electron chi connectivity index (χ3n) is 2.98. The SMILES string of the molecule is CCCCC(NC(=O)Cc1ccccc1O)C(=O)NN. The second-order valence-electron chi connectivity index (χ2n) is 4.58. The summed E-state index contributed by atoms with van der Waals surface area (Å²) in [4.78, 5) is 23.5. The van der Waals surface area contributed by atoms with Gasteiger partial charge in [0, 0.05) is 5.56 Å². The molecule has 0 spiro atoms. The number of phenolic OH excluding ortho intramolecular Hbond substituents is 1. The molecule has 0 aliphatic carbocycles. The van der Waals surface area contributed by atoms with Crippen LogP contribution < -0.4 is 16.6 Å². The Bertz CT molecular complexity index is 463. The van der Waals surface area contributed by atoms with E-state index < -0.39 is 11.9 Å². The number of nitrogens with two attached hydrogens (primary N) is 1. The number of nitrogens with one attached hydrogen (secondary N) is 2. The summed E-state index contributed by atoms with van der Waals surface area (Å²) < 4.78 is 0. The zero-order valence-corrected chi connectivity index (χ0v) is 11.6. The van der Waals surface area contributed by atoms with Crippen molar-refractivity contribution in [2.24, 2.45) is 5.84 Å². The fourth-order valence-corrected chi connectivity index (χ4v) is 1.86. The molecule has 0 aliphatic heterocycles. The van der Waals surface area contributed by atoms with E-state index in [1.807, 2.05) is 6.92 Å². The molecule has 0 aromatic heterocycles. The van der Waals surface area contributed by atoms with E-state index in [2.05, 4.69) is 10.7 Å². The van der Waals surface area contributed by atoms with Crippen molar-refractivity contribution in [3.05, 3.63) is 29.8 Å². The summed E-state index contributed by atoms with van der Waals surface area (Å²) in [5.41, 5.74) is 2.57. The number of carbonyl (C=O) groups excluding carboxylic acids is 2. The van der Waals surface area contributed by atoms with Gasteiger partial charge < -0.3 is 10.4 Å². The number of para-hydroxylation sites is 1. The molecule has 1 atom stereocenters. The summed E-state index contributed by atoms with van der Waals surface area (Å²) in [5, 5.41) is 12.2. The Morgan fingerprint density at radius 2 is 2.05 bits per heavy atom. The first-order valence-electron chi connectivity index (χ1n) is 6.65. The summed E-state index contributed by atoms with van der Waals surface area (Å²) in [5.74, 6) is 4.44. The number of rotatable bonds is 7. The molecule has 0 radical (unpaired) electrons. The number of hydrogen-bond donors (Lipinski definition) is 4. The van der Waals surface area contributed by atoms with E-state index >= 15 is 0 Å². The average Bonchev–Trinajstić information content (AvgIpc) is 2.45. The standard InChI is InChI=1S/C14H21N3O3/c1-2-3-7-11(14(20)17-15)16-13(19)9-10-6-4-5-8-12(10)18/h4-6,8,11,18H,2-3,7,9,15H2,1H3,(H,16,19)(H,17,20). The second kappa shape index (κ2) is 8.16. The third kappa shape index (κ3) is 4.89. The predicted molar refractivity (Wildman–Crippen MR) is 75.6 cm³/mol. The largest absolute Gasteiger partial charge is 0.508 e. The van der Waals surface area contributed by atoms with Gasteiger partial charge in [0.15, 0.2) is 0 Å². The molecule has 0 saturated carbocycles. The fourth-order valence-electron chi connectivity index (χ4n) is 1.86. The van der Waals surface area contributed by atoms with E-state index in [-0.39, 0.29) is 18.1 Å². The van der Waals surface area contributed by atoms with Crippen molar-refractivity contribution in [2.75, 3.05) is 0 Å². The molecule has 0 bridgehead atoms. The van der Waals surface area contributed by atoms with Crippen LogP contribution >= 0.6 is 0 Å². The molecule has 6 nitrogen and oxygen atoms in total. The normalized spacial score (nSPS) is 11.7. The monoisotopic (exact) mass is 279 g/mol. The second-order valence-corrected chi connectivity index (χ2v) is 4.58. The Labute approximate surface area is 118 Å². The van der Waals surface area contributed by atoms with Gasteiger partial charge in [0.25, 0.3) is 5.91 Å². The van der Waals surface area contributed by atoms with E-state index in [4.69, 9.17) is 5.84 Å². The van der Waals surface area contributed by atoms with E-state index in [1.165, 1.54) is 6.07 Å². The lowest BCUT2D eigenvalue weighted by Gasteiger charge is -2.17. The number of hydrazine groups is 1. The van der Waals surface area contributed by atoms with Gasteiger partial charge >= 0.3 is 0 Å². The zero-order chi connectivity index (χ0) is 15.0. The number of unbranched alkanes of at least 4 members (excludes halogenated alkanes) is 1. The van der Waals surface area contributed by atoms with Gasteiger partial charge in [-0.2, -0.15) is 0 Å². The fraction of sp³-hybridized carbons (Fsp3) is 0.429. The summed E-state index contributed by atoms with van der Waals surface area (Å²) in [7, 11) is 0. The van der Waals surface area contributed by atoms with Crippen molar-refractivity contribution in [3.8, 4) is 5.75 Å². The van der Waals surface area contributed by atoms with Gasteiger partial charge in [0.2, 0.25) is 5.91 Å². The van der Waals surface area contributed by atoms with Crippen molar-refractivity contribution in [3.63, 3.8) is 0 Å². The molecule has 5 N–H and O–H groups in total. The van der Waals surface area contributed by atoms with Crippen molar-refractivity contribution < 1.29 is 14.7 Å². The Hall–Kier alpha value is -2.08. The highest BCUT2D eigenvalue weighted by atomic mass is 16.3. The minimum atomic E-state index is -0.640. The van der Waals surface area contributed by atoms with Crippen LogP contribution in [0.3, 0.4) is 0 Å². The topological polar surface area (TPSA) is 104 Å². The van der Waals surface area contributed by atoms with Crippen molar-refractivity contribution in [1.29, 1.82) is 0 Å². The van der Waals surface area contributed by atoms with Crippen molar-refractivity contribution in [2.45, 2.75) is 38.6 Å². The smallest absolute Gasteiger partial charge is 0.256 e. The Morgan fingerprint density at radius 1 is 1.35 bits per heavy atom. The van der Waals surface area contributed by atoms with Gasteiger partial charge in [-0.1, -0.05) is 38.0 Å². The molecule has 0 heterocycles. The highest BCUT2D eigenvalue weighted by Crippen LogP contribution is 2.16. The Morgan fingerprint density at radius 3 is 2.65 bits per heavy atom. The van der Waals surface area contributed by atoms with Gasteiger partial charge in [-0.3, -0.25) is 15.0 Å². The number of amides is 2.